The lowest BCUT2D eigenvalue weighted by Gasteiger charge is -2.34. The van der Waals surface area contributed by atoms with Crippen LogP contribution in [0, 0.1) is 11.8 Å². The summed E-state index contributed by atoms with van der Waals surface area (Å²) in [6, 6.07) is 5.36. The van der Waals surface area contributed by atoms with E-state index in [1.165, 1.54) is 19.5 Å². The molecule has 1 aliphatic rings. The average molecular weight is 334 g/mol. The molecule has 5 nitrogen and oxygen atoms in total. The Morgan fingerprint density at radius 2 is 1.75 bits per heavy atom. The van der Waals surface area contributed by atoms with Crippen LogP contribution >= 0.6 is 0 Å². The normalized spacial score (nSPS) is 21.3. The van der Waals surface area contributed by atoms with Crippen molar-refractivity contribution in [2.24, 2.45) is 11.8 Å². The van der Waals surface area contributed by atoms with E-state index in [2.05, 4.69) is 24.1 Å². The second-order valence-corrected chi connectivity index (χ2v) is 6.85. The highest BCUT2D eigenvalue weighted by Gasteiger charge is 2.21. The summed E-state index contributed by atoms with van der Waals surface area (Å²) in [7, 11) is 3.12. The van der Waals surface area contributed by atoms with Crippen LogP contribution in [0.15, 0.2) is 18.2 Å². The lowest BCUT2D eigenvalue weighted by molar-refractivity contribution is 0.0941. The van der Waals surface area contributed by atoms with E-state index in [-0.39, 0.29) is 5.91 Å². The average Bonchev–Trinajstić information content (AvgIpc) is 2.56. The van der Waals surface area contributed by atoms with Crippen molar-refractivity contribution in [2.75, 3.05) is 40.4 Å². The number of hydrogen-bond donors (Lipinski definition) is 1. The third kappa shape index (κ3) is 4.87. The zero-order chi connectivity index (χ0) is 17.5. The van der Waals surface area contributed by atoms with Crippen LogP contribution in [-0.4, -0.2) is 51.2 Å². The number of benzene rings is 1. The Bertz CT molecular complexity index is 515. The lowest BCUT2D eigenvalue weighted by Crippen LogP contribution is -2.40. The molecule has 0 aromatic heterocycles. The number of carbonyl (C=O) groups is 1. The molecule has 0 spiro atoms. The largest absolute Gasteiger partial charge is 0.496 e. The summed E-state index contributed by atoms with van der Waals surface area (Å²) in [6.45, 7) is 8.64. The maximum Gasteiger partial charge on any atom is 0.258 e. The summed E-state index contributed by atoms with van der Waals surface area (Å²) < 4.78 is 10.6. The van der Waals surface area contributed by atoms with Gasteiger partial charge in [-0.25, -0.2) is 0 Å². The van der Waals surface area contributed by atoms with Gasteiger partial charge in [0.05, 0.1) is 14.2 Å². The van der Waals surface area contributed by atoms with Crippen LogP contribution in [0.25, 0.3) is 0 Å². The molecule has 1 fully saturated rings. The van der Waals surface area contributed by atoms with Crippen molar-refractivity contribution in [2.45, 2.75) is 26.7 Å². The number of nitrogens with zero attached hydrogens (tertiary/aromatic N) is 1. The predicted octanol–water partition coefficient (Wildman–Crippen LogP) is 2.80. The molecule has 0 bridgehead atoms. The van der Waals surface area contributed by atoms with E-state index in [1.807, 2.05) is 6.07 Å². The second-order valence-electron chi connectivity index (χ2n) is 6.85. The molecular weight excluding hydrogens is 304 g/mol. The molecule has 2 unspecified atom stereocenters. The third-order valence-electron chi connectivity index (χ3n) is 4.54. The molecule has 1 aromatic rings. The van der Waals surface area contributed by atoms with Crippen molar-refractivity contribution >= 4 is 5.91 Å². The molecule has 2 atom stereocenters. The van der Waals surface area contributed by atoms with E-state index in [4.69, 9.17) is 9.47 Å². The molecule has 1 amide bonds. The van der Waals surface area contributed by atoms with E-state index in [0.29, 0.717) is 23.6 Å². The molecule has 24 heavy (non-hydrogen) atoms. The molecule has 1 N–H and O–H groups in total. The van der Waals surface area contributed by atoms with Crippen molar-refractivity contribution in [3.8, 4) is 11.5 Å². The fraction of sp³-hybridized carbons (Fsp3) is 0.632. The van der Waals surface area contributed by atoms with Crippen LogP contribution in [0.4, 0.5) is 0 Å². The van der Waals surface area contributed by atoms with Crippen LogP contribution in [0.5, 0.6) is 11.5 Å². The van der Waals surface area contributed by atoms with Gasteiger partial charge >= 0.3 is 0 Å². The Kier molecular flexibility index (Phi) is 6.91. The van der Waals surface area contributed by atoms with E-state index >= 15 is 0 Å². The highest BCUT2D eigenvalue weighted by molar-refractivity contribution is 5.99. The van der Waals surface area contributed by atoms with Crippen LogP contribution in [0.3, 0.4) is 0 Å². The first-order valence-electron chi connectivity index (χ1n) is 8.76. The van der Waals surface area contributed by atoms with Crippen LogP contribution in [-0.2, 0) is 0 Å². The number of carbonyl (C=O) groups excluding carboxylic acids is 1. The Labute approximate surface area is 145 Å². The van der Waals surface area contributed by atoms with Gasteiger partial charge in [0.1, 0.15) is 17.1 Å². The van der Waals surface area contributed by atoms with Crippen LogP contribution in [0.1, 0.15) is 37.0 Å². The summed E-state index contributed by atoms with van der Waals surface area (Å²) in [5, 5.41) is 2.98. The molecule has 0 saturated carbocycles. The molecular formula is C19H30N2O3. The van der Waals surface area contributed by atoms with E-state index in [9.17, 15) is 4.79 Å². The number of methoxy groups -OCH3 is 2. The molecule has 1 aromatic carbocycles. The van der Waals surface area contributed by atoms with Gasteiger partial charge in [-0.3, -0.25) is 4.79 Å². The van der Waals surface area contributed by atoms with Gasteiger partial charge in [-0.05, 0) is 43.4 Å². The Morgan fingerprint density at radius 1 is 1.17 bits per heavy atom. The summed E-state index contributed by atoms with van der Waals surface area (Å²) in [6.07, 6.45) is 2.27. The minimum absolute atomic E-state index is 0.148. The van der Waals surface area contributed by atoms with Gasteiger partial charge in [0.15, 0.2) is 0 Å². The minimum Gasteiger partial charge on any atom is -0.496 e. The number of rotatable bonds is 7. The molecule has 1 aliphatic heterocycles. The highest BCUT2D eigenvalue weighted by Crippen LogP contribution is 2.28. The van der Waals surface area contributed by atoms with Crippen LogP contribution < -0.4 is 14.8 Å². The second kappa shape index (κ2) is 8.92. The number of piperidine rings is 1. The molecule has 134 valence electrons. The SMILES string of the molecule is COc1cccc(OC)c1C(=O)NCCCN1CC(C)CC(C)C1. The van der Waals surface area contributed by atoms with Gasteiger partial charge in [0.2, 0.25) is 0 Å². The van der Waals surface area contributed by atoms with Crippen molar-refractivity contribution < 1.29 is 14.3 Å². The van der Waals surface area contributed by atoms with Gasteiger partial charge in [0, 0.05) is 19.6 Å². The Morgan fingerprint density at radius 3 is 2.29 bits per heavy atom. The number of amides is 1. The van der Waals surface area contributed by atoms with E-state index in [1.54, 1.807) is 26.4 Å². The summed E-state index contributed by atoms with van der Waals surface area (Å²) >= 11 is 0. The van der Waals surface area contributed by atoms with Crippen molar-refractivity contribution in [1.82, 2.24) is 10.2 Å². The lowest BCUT2D eigenvalue weighted by atomic mass is 9.92. The predicted molar refractivity (Wildman–Crippen MR) is 95.9 cm³/mol. The quantitative estimate of drug-likeness (QED) is 0.779. The van der Waals surface area contributed by atoms with Crippen LogP contribution in [0.2, 0.25) is 0 Å². The van der Waals surface area contributed by atoms with Crippen molar-refractivity contribution in [1.29, 1.82) is 0 Å². The van der Waals surface area contributed by atoms with Gasteiger partial charge in [-0.15, -0.1) is 0 Å². The fourth-order valence-electron chi connectivity index (χ4n) is 3.64. The monoisotopic (exact) mass is 334 g/mol. The van der Waals surface area contributed by atoms with Crippen molar-refractivity contribution in [3.63, 3.8) is 0 Å². The number of ether oxygens (including phenoxy) is 2. The summed E-state index contributed by atoms with van der Waals surface area (Å²) in [4.78, 5) is 15.0. The zero-order valence-electron chi connectivity index (χ0n) is 15.3. The Balaban J connectivity index is 1.83. The number of nitrogens with one attached hydrogen (secondary N) is 1. The van der Waals surface area contributed by atoms with E-state index < -0.39 is 0 Å². The van der Waals surface area contributed by atoms with E-state index in [0.717, 1.165) is 24.8 Å². The fourth-order valence-corrected chi connectivity index (χ4v) is 3.64. The number of likely N-dealkylation sites (tertiary alicyclic amines) is 1. The van der Waals surface area contributed by atoms with Gasteiger partial charge in [-0.1, -0.05) is 19.9 Å². The maximum atomic E-state index is 12.5. The maximum absolute atomic E-state index is 12.5. The number of hydrogen-bond acceptors (Lipinski definition) is 4. The first-order chi connectivity index (χ1) is 11.5. The van der Waals surface area contributed by atoms with Gasteiger partial charge in [-0.2, -0.15) is 0 Å². The first-order valence-corrected chi connectivity index (χ1v) is 8.76. The molecule has 1 saturated heterocycles. The summed E-state index contributed by atoms with van der Waals surface area (Å²) in [5.41, 5.74) is 0.461. The summed E-state index contributed by atoms with van der Waals surface area (Å²) in [5.74, 6) is 2.45. The molecule has 5 heteroatoms. The molecule has 0 aliphatic carbocycles. The first kappa shape index (κ1) is 18.6. The van der Waals surface area contributed by atoms with Gasteiger partial charge < -0.3 is 19.7 Å². The smallest absolute Gasteiger partial charge is 0.258 e. The highest BCUT2D eigenvalue weighted by atomic mass is 16.5. The molecule has 0 radical (unpaired) electrons. The molecule has 2 rings (SSSR count). The third-order valence-corrected chi connectivity index (χ3v) is 4.54. The Hall–Kier alpha value is -1.75. The zero-order valence-corrected chi connectivity index (χ0v) is 15.3. The van der Waals surface area contributed by atoms with Crippen molar-refractivity contribution in [3.05, 3.63) is 23.8 Å². The standard InChI is InChI=1S/C19H30N2O3/c1-14-11-15(2)13-21(12-14)10-6-9-20-19(22)18-16(23-3)7-5-8-17(18)24-4/h5,7-8,14-15H,6,9-13H2,1-4H3,(H,20,22). The minimum atomic E-state index is -0.148. The topological polar surface area (TPSA) is 50.8 Å². The van der Waals surface area contributed by atoms with Gasteiger partial charge in [0.25, 0.3) is 5.91 Å². The molecule has 1 heterocycles.